The third-order valence-corrected chi connectivity index (χ3v) is 5.90. The number of nitrogens with two attached hydrogens (primary N) is 1. The third-order valence-electron chi connectivity index (χ3n) is 5.90. The van der Waals surface area contributed by atoms with Gasteiger partial charge in [0.2, 0.25) is 5.95 Å². The number of halogens is 1. The topological polar surface area (TPSA) is 98.2 Å². The first-order valence-corrected chi connectivity index (χ1v) is 11.0. The van der Waals surface area contributed by atoms with E-state index in [0.717, 1.165) is 12.0 Å². The van der Waals surface area contributed by atoms with Crippen molar-refractivity contribution in [1.82, 2.24) is 24.9 Å². The molecule has 8 heteroatoms. The second-order valence-electron chi connectivity index (χ2n) is 8.26. The van der Waals surface area contributed by atoms with Crippen LogP contribution in [0.4, 0.5) is 10.3 Å². The molecule has 0 aliphatic heterocycles. The minimum atomic E-state index is -0.422. The fourth-order valence-electron chi connectivity index (χ4n) is 4.04. The normalized spacial score (nSPS) is 12.2. The number of rotatable bonds is 6. The average Bonchev–Trinajstić information content (AvgIpc) is 3.23. The van der Waals surface area contributed by atoms with Gasteiger partial charge in [-0.05, 0) is 54.3 Å². The Hall–Kier alpha value is -4.33. The largest absolute Gasteiger partial charge is 0.366 e. The molecule has 170 valence electrons. The maximum atomic E-state index is 14.0. The van der Waals surface area contributed by atoms with Crippen molar-refractivity contribution in [2.75, 3.05) is 12.3 Å². The van der Waals surface area contributed by atoms with Crippen LogP contribution in [0.5, 0.6) is 0 Å². The molecule has 0 fully saturated rings. The maximum Gasteiger partial charge on any atom is 0.252 e. The smallest absolute Gasteiger partial charge is 0.252 e. The van der Waals surface area contributed by atoms with Crippen molar-refractivity contribution in [1.29, 1.82) is 0 Å². The number of pyridine rings is 2. The Morgan fingerprint density at radius 2 is 1.91 bits per heavy atom. The zero-order valence-electron chi connectivity index (χ0n) is 18.6. The molecule has 0 aliphatic rings. The number of amides is 1. The summed E-state index contributed by atoms with van der Waals surface area (Å²) in [5.74, 6) is -0.226. The lowest BCUT2D eigenvalue weighted by atomic mass is 9.98. The van der Waals surface area contributed by atoms with Crippen LogP contribution >= 0.6 is 0 Å². The van der Waals surface area contributed by atoms with E-state index in [0.29, 0.717) is 40.3 Å². The van der Waals surface area contributed by atoms with Crippen LogP contribution in [0.15, 0.2) is 72.9 Å². The van der Waals surface area contributed by atoms with Crippen molar-refractivity contribution < 1.29 is 9.18 Å². The predicted molar refractivity (Wildman–Crippen MR) is 130 cm³/mol. The minimum absolute atomic E-state index is 0.170. The number of aromatic nitrogens is 4. The van der Waals surface area contributed by atoms with Crippen LogP contribution in [0.3, 0.4) is 0 Å². The van der Waals surface area contributed by atoms with Crippen molar-refractivity contribution in [3.63, 3.8) is 0 Å². The van der Waals surface area contributed by atoms with Gasteiger partial charge in [-0.2, -0.15) is 4.98 Å². The van der Waals surface area contributed by atoms with Gasteiger partial charge in [0.05, 0.1) is 16.8 Å². The zero-order valence-corrected chi connectivity index (χ0v) is 18.6. The van der Waals surface area contributed by atoms with Gasteiger partial charge in [0, 0.05) is 23.7 Å². The van der Waals surface area contributed by atoms with E-state index in [1.165, 1.54) is 17.7 Å². The van der Waals surface area contributed by atoms with Crippen LogP contribution in [0, 0.1) is 5.82 Å². The van der Waals surface area contributed by atoms with E-state index in [1.54, 1.807) is 28.9 Å². The molecule has 0 saturated carbocycles. The summed E-state index contributed by atoms with van der Waals surface area (Å²) in [6.45, 7) is 2.62. The molecule has 7 nitrogen and oxygen atoms in total. The summed E-state index contributed by atoms with van der Waals surface area (Å²) < 4.78 is 15.6. The fourth-order valence-corrected chi connectivity index (χ4v) is 4.04. The second kappa shape index (κ2) is 8.90. The molecule has 0 saturated heterocycles. The van der Waals surface area contributed by atoms with Crippen LogP contribution in [-0.4, -0.2) is 32.0 Å². The number of fused-ring (bicyclic) bond motifs is 2. The van der Waals surface area contributed by atoms with Crippen LogP contribution in [-0.2, 0) is 0 Å². The van der Waals surface area contributed by atoms with Gasteiger partial charge in [-0.25, -0.2) is 13.9 Å². The van der Waals surface area contributed by atoms with Crippen LogP contribution in [0.25, 0.3) is 27.8 Å². The highest BCUT2D eigenvalue weighted by molar-refractivity contribution is 6.07. The van der Waals surface area contributed by atoms with Gasteiger partial charge < -0.3 is 11.1 Å². The molecule has 0 aliphatic carbocycles. The molecule has 2 aromatic carbocycles. The summed E-state index contributed by atoms with van der Waals surface area (Å²) in [7, 11) is 0. The Morgan fingerprint density at radius 1 is 1.09 bits per heavy atom. The number of carbonyl (C=O) groups is 1. The van der Waals surface area contributed by atoms with E-state index >= 15 is 0 Å². The predicted octanol–water partition coefficient (Wildman–Crippen LogP) is 4.59. The van der Waals surface area contributed by atoms with E-state index < -0.39 is 5.82 Å². The molecular formula is C26H23FN6O. The van der Waals surface area contributed by atoms with Crippen LogP contribution < -0.4 is 11.1 Å². The SMILES string of the molecule is CC(CCNC(=O)c1cc(-c2ccn3nc(N)nc3c2)nc2ccc(F)cc12)c1ccccc1. The van der Waals surface area contributed by atoms with E-state index in [9.17, 15) is 9.18 Å². The van der Waals surface area contributed by atoms with Gasteiger partial charge >= 0.3 is 0 Å². The molecule has 3 N–H and O–H groups in total. The first-order valence-electron chi connectivity index (χ1n) is 11.0. The fraction of sp³-hybridized carbons (Fsp3) is 0.154. The van der Waals surface area contributed by atoms with Crippen molar-refractivity contribution in [3.05, 3.63) is 89.9 Å². The Morgan fingerprint density at radius 3 is 2.74 bits per heavy atom. The zero-order chi connectivity index (χ0) is 23.7. The number of nitrogens with zero attached hydrogens (tertiary/aromatic N) is 4. The van der Waals surface area contributed by atoms with Crippen molar-refractivity contribution in [3.8, 4) is 11.3 Å². The number of hydrogen-bond acceptors (Lipinski definition) is 5. The average molecular weight is 455 g/mol. The monoisotopic (exact) mass is 454 g/mol. The summed E-state index contributed by atoms with van der Waals surface area (Å²) >= 11 is 0. The highest BCUT2D eigenvalue weighted by Gasteiger charge is 2.16. The lowest BCUT2D eigenvalue weighted by Gasteiger charge is -2.14. The van der Waals surface area contributed by atoms with Gasteiger partial charge in [0.15, 0.2) is 5.65 Å². The van der Waals surface area contributed by atoms with Gasteiger partial charge in [0.1, 0.15) is 5.82 Å². The van der Waals surface area contributed by atoms with E-state index in [1.807, 2.05) is 24.3 Å². The number of anilines is 1. The number of nitrogens with one attached hydrogen (secondary N) is 1. The van der Waals surface area contributed by atoms with E-state index in [-0.39, 0.29) is 11.9 Å². The maximum absolute atomic E-state index is 14.0. The number of hydrogen-bond donors (Lipinski definition) is 2. The molecule has 34 heavy (non-hydrogen) atoms. The molecule has 0 bridgehead atoms. The molecule has 5 aromatic rings. The highest BCUT2D eigenvalue weighted by atomic mass is 19.1. The Balaban J connectivity index is 1.45. The lowest BCUT2D eigenvalue weighted by molar-refractivity contribution is 0.0954. The molecule has 1 unspecified atom stereocenters. The van der Waals surface area contributed by atoms with Gasteiger partial charge in [-0.3, -0.25) is 4.79 Å². The molecule has 1 atom stereocenters. The molecule has 0 radical (unpaired) electrons. The van der Waals surface area contributed by atoms with Crippen molar-refractivity contribution in [2.24, 2.45) is 0 Å². The minimum Gasteiger partial charge on any atom is -0.366 e. The van der Waals surface area contributed by atoms with E-state index in [2.05, 4.69) is 39.4 Å². The Kier molecular flexibility index (Phi) is 5.63. The number of carbonyl (C=O) groups excluding carboxylic acids is 1. The summed E-state index contributed by atoms with van der Waals surface area (Å²) in [5, 5.41) is 7.53. The van der Waals surface area contributed by atoms with Crippen LogP contribution in [0.1, 0.15) is 35.2 Å². The number of benzene rings is 2. The number of nitrogen functional groups attached to an aromatic ring is 1. The Labute approximate surface area is 195 Å². The molecular weight excluding hydrogens is 431 g/mol. The molecule has 5 rings (SSSR count). The summed E-state index contributed by atoms with van der Waals surface area (Å²) in [6.07, 6.45) is 2.51. The van der Waals surface area contributed by atoms with Gasteiger partial charge in [0.25, 0.3) is 5.91 Å². The molecule has 3 heterocycles. The molecule has 1 amide bonds. The van der Waals surface area contributed by atoms with Crippen molar-refractivity contribution in [2.45, 2.75) is 19.3 Å². The first-order chi connectivity index (χ1) is 16.5. The molecule has 3 aromatic heterocycles. The summed E-state index contributed by atoms with van der Waals surface area (Å²) in [6, 6.07) is 19.7. The molecule has 0 spiro atoms. The van der Waals surface area contributed by atoms with Gasteiger partial charge in [-0.15, -0.1) is 5.10 Å². The summed E-state index contributed by atoms with van der Waals surface area (Å²) in [4.78, 5) is 22.0. The van der Waals surface area contributed by atoms with Crippen LogP contribution in [0.2, 0.25) is 0 Å². The second-order valence-corrected chi connectivity index (χ2v) is 8.26. The Bertz CT molecular complexity index is 1500. The van der Waals surface area contributed by atoms with Crippen molar-refractivity contribution >= 4 is 28.4 Å². The van der Waals surface area contributed by atoms with E-state index in [4.69, 9.17) is 5.73 Å². The quantitative estimate of drug-likeness (QED) is 0.391. The summed E-state index contributed by atoms with van der Waals surface area (Å²) in [5.41, 5.74) is 9.70. The standard InChI is InChI=1S/C26H23FN6O/c1-16(17-5-3-2-4-6-17)9-11-29-25(34)21-15-23(30-22-8-7-19(27)14-20(21)22)18-10-12-33-24(13-18)31-26(28)32-33/h2-8,10,12-16H,9,11H2,1H3,(H2,28,32)(H,29,34). The van der Waals surface area contributed by atoms with Gasteiger partial charge in [-0.1, -0.05) is 37.3 Å². The lowest BCUT2D eigenvalue weighted by Crippen LogP contribution is -2.25. The first kappa shape index (κ1) is 21.5. The third kappa shape index (κ3) is 4.30. The highest BCUT2D eigenvalue weighted by Crippen LogP contribution is 2.26.